The molecule has 2 rings (SSSR count). The predicted octanol–water partition coefficient (Wildman–Crippen LogP) is 3.24. The molecule has 1 heterocycles. The number of hydrogen-bond acceptors (Lipinski definition) is 5. The molecular weight excluding hydrogens is 284 g/mol. The smallest absolute Gasteiger partial charge is 0.258 e. The highest BCUT2D eigenvalue weighted by molar-refractivity contribution is 7.11. The fourth-order valence-electron chi connectivity index (χ4n) is 2.77. The summed E-state index contributed by atoms with van der Waals surface area (Å²) in [6, 6.07) is 0.504. The van der Waals surface area contributed by atoms with Crippen molar-refractivity contribution in [1.82, 2.24) is 9.69 Å². The summed E-state index contributed by atoms with van der Waals surface area (Å²) in [5.74, 6) is 0.982. The predicted molar refractivity (Wildman–Crippen MR) is 88.8 cm³/mol. The summed E-state index contributed by atoms with van der Waals surface area (Å²) in [5, 5.41) is 7.20. The van der Waals surface area contributed by atoms with E-state index in [9.17, 15) is 4.79 Å². The van der Waals surface area contributed by atoms with E-state index in [0.717, 1.165) is 23.8 Å². The van der Waals surface area contributed by atoms with Gasteiger partial charge in [0.2, 0.25) is 0 Å². The second-order valence-electron chi connectivity index (χ2n) is 6.35. The van der Waals surface area contributed by atoms with Crippen LogP contribution in [0.15, 0.2) is 0 Å². The van der Waals surface area contributed by atoms with Gasteiger partial charge in [-0.2, -0.15) is 4.37 Å². The molecule has 0 aliphatic heterocycles. The van der Waals surface area contributed by atoms with Gasteiger partial charge in [-0.05, 0) is 50.6 Å². The fourth-order valence-corrected chi connectivity index (χ4v) is 3.56. The summed E-state index contributed by atoms with van der Waals surface area (Å²) in [6.45, 7) is 6.19. The lowest BCUT2D eigenvalue weighted by atomic mass is 10.0. The fraction of sp³-hybridized carbons (Fsp3) is 0.733. The maximum absolute atomic E-state index is 12.3. The second kappa shape index (κ2) is 7.11. The molecule has 2 atom stereocenters. The SMILES string of the molecule is CC1CCCC(Nc2snc(N)c2C(=O)NC(C)C)CC1. The van der Waals surface area contributed by atoms with E-state index in [1.165, 1.54) is 30.8 Å². The number of carbonyl (C=O) groups is 1. The van der Waals surface area contributed by atoms with E-state index in [0.29, 0.717) is 17.4 Å². The highest BCUT2D eigenvalue weighted by atomic mass is 32.1. The first kappa shape index (κ1) is 16.1. The maximum atomic E-state index is 12.3. The summed E-state index contributed by atoms with van der Waals surface area (Å²) in [6.07, 6.45) is 6.06. The third-order valence-corrected chi connectivity index (χ3v) is 4.75. The molecule has 1 fully saturated rings. The molecular formula is C15H26N4OS. The number of rotatable bonds is 4. The zero-order valence-corrected chi connectivity index (χ0v) is 13.9. The van der Waals surface area contributed by atoms with E-state index in [2.05, 4.69) is 21.9 Å². The number of anilines is 2. The molecule has 0 radical (unpaired) electrons. The minimum absolute atomic E-state index is 0.0865. The zero-order chi connectivity index (χ0) is 15.4. The lowest BCUT2D eigenvalue weighted by Crippen LogP contribution is -2.31. The molecule has 1 aromatic rings. The Morgan fingerprint density at radius 1 is 1.33 bits per heavy atom. The number of nitrogens with one attached hydrogen (secondary N) is 2. The summed E-state index contributed by atoms with van der Waals surface area (Å²) < 4.78 is 4.14. The van der Waals surface area contributed by atoms with Gasteiger partial charge < -0.3 is 16.4 Å². The molecule has 0 spiro atoms. The Kier molecular flexibility index (Phi) is 5.45. The summed E-state index contributed by atoms with van der Waals surface area (Å²) in [4.78, 5) is 12.3. The van der Waals surface area contributed by atoms with Gasteiger partial charge in [0.1, 0.15) is 10.6 Å². The molecule has 1 aliphatic rings. The van der Waals surface area contributed by atoms with Crippen LogP contribution in [0, 0.1) is 5.92 Å². The van der Waals surface area contributed by atoms with Gasteiger partial charge in [0.15, 0.2) is 5.82 Å². The Balaban J connectivity index is 2.08. The Hall–Kier alpha value is -1.30. The van der Waals surface area contributed by atoms with Crippen LogP contribution in [0.1, 0.15) is 63.2 Å². The lowest BCUT2D eigenvalue weighted by molar-refractivity contribution is 0.0945. The van der Waals surface area contributed by atoms with Crippen LogP contribution in [-0.2, 0) is 0 Å². The van der Waals surface area contributed by atoms with Gasteiger partial charge in [-0.25, -0.2) is 0 Å². The van der Waals surface area contributed by atoms with Crippen molar-refractivity contribution in [2.24, 2.45) is 5.92 Å². The maximum Gasteiger partial charge on any atom is 0.258 e. The molecule has 0 aromatic carbocycles. The van der Waals surface area contributed by atoms with Crippen LogP contribution < -0.4 is 16.4 Å². The molecule has 6 heteroatoms. The summed E-state index contributed by atoms with van der Waals surface area (Å²) in [7, 11) is 0. The van der Waals surface area contributed by atoms with Crippen LogP contribution in [0.25, 0.3) is 0 Å². The van der Waals surface area contributed by atoms with Crippen molar-refractivity contribution in [3.63, 3.8) is 0 Å². The average molecular weight is 310 g/mol. The minimum Gasteiger partial charge on any atom is -0.382 e. The van der Waals surface area contributed by atoms with Crippen molar-refractivity contribution in [3.05, 3.63) is 5.56 Å². The number of nitrogens with two attached hydrogens (primary N) is 1. The summed E-state index contributed by atoms with van der Waals surface area (Å²) >= 11 is 1.29. The van der Waals surface area contributed by atoms with Crippen LogP contribution in [0.2, 0.25) is 0 Å². The van der Waals surface area contributed by atoms with Crippen molar-refractivity contribution in [2.45, 2.75) is 65.0 Å². The van der Waals surface area contributed by atoms with Crippen LogP contribution in [0.4, 0.5) is 10.8 Å². The first-order chi connectivity index (χ1) is 9.97. The molecule has 0 saturated heterocycles. The van der Waals surface area contributed by atoms with E-state index in [-0.39, 0.29) is 11.9 Å². The Bertz CT molecular complexity index is 486. The van der Waals surface area contributed by atoms with Crippen LogP contribution in [-0.4, -0.2) is 22.4 Å². The molecule has 2 unspecified atom stereocenters. The summed E-state index contributed by atoms with van der Waals surface area (Å²) in [5.41, 5.74) is 6.38. The zero-order valence-electron chi connectivity index (χ0n) is 13.1. The van der Waals surface area contributed by atoms with Crippen LogP contribution in [0.3, 0.4) is 0 Å². The molecule has 1 aliphatic carbocycles. The van der Waals surface area contributed by atoms with Crippen molar-refractivity contribution in [2.75, 3.05) is 11.1 Å². The van der Waals surface area contributed by atoms with Gasteiger partial charge in [0, 0.05) is 12.1 Å². The average Bonchev–Trinajstić information content (AvgIpc) is 2.62. The number of carbonyl (C=O) groups excluding carboxylic acids is 1. The van der Waals surface area contributed by atoms with Crippen LogP contribution >= 0.6 is 11.5 Å². The lowest BCUT2D eigenvalue weighted by Gasteiger charge is -2.17. The largest absolute Gasteiger partial charge is 0.382 e. The molecule has 1 amide bonds. The first-order valence-corrected chi connectivity index (χ1v) is 8.57. The first-order valence-electron chi connectivity index (χ1n) is 7.80. The van der Waals surface area contributed by atoms with Gasteiger partial charge in [0.05, 0.1) is 0 Å². The Morgan fingerprint density at radius 2 is 2.10 bits per heavy atom. The van der Waals surface area contributed by atoms with Gasteiger partial charge in [-0.1, -0.05) is 19.8 Å². The number of aromatic nitrogens is 1. The third kappa shape index (κ3) is 4.33. The molecule has 4 N–H and O–H groups in total. The Labute approximate surface area is 130 Å². The van der Waals surface area contributed by atoms with Gasteiger partial charge in [-0.3, -0.25) is 4.79 Å². The molecule has 5 nitrogen and oxygen atoms in total. The van der Waals surface area contributed by atoms with E-state index >= 15 is 0 Å². The minimum atomic E-state index is -0.138. The number of nitrogens with zero attached hydrogens (tertiary/aromatic N) is 1. The molecule has 118 valence electrons. The third-order valence-electron chi connectivity index (χ3n) is 3.96. The van der Waals surface area contributed by atoms with Crippen molar-refractivity contribution in [3.8, 4) is 0 Å². The highest BCUT2D eigenvalue weighted by Crippen LogP contribution is 2.31. The normalized spacial score (nSPS) is 22.9. The van der Waals surface area contributed by atoms with E-state index in [4.69, 9.17) is 5.73 Å². The van der Waals surface area contributed by atoms with Crippen LogP contribution in [0.5, 0.6) is 0 Å². The topological polar surface area (TPSA) is 80.0 Å². The number of hydrogen-bond donors (Lipinski definition) is 3. The second-order valence-corrected chi connectivity index (χ2v) is 7.13. The molecule has 1 aromatic heterocycles. The van der Waals surface area contributed by atoms with E-state index < -0.39 is 0 Å². The van der Waals surface area contributed by atoms with E-state index in [1.54, 1.807) is 0 Å². The standard InChI is InChI=1S/C15H26N4OS/c1-9(2)17-14(20)12-13(16)19-21-15(12)18-11-6-4-5-10(3)7-8-11/h9-11,18H,4-8H2,1-3H3,(H2,16,19)(H,17,20). The molecule has 1 saturated carbocycles. The van der Waals surface area contributed by atoms with Crippen molar-refractivity contribution < 1.29 is 4.79 Å². The monoisotopic (exact) mass is 310 g/mol. The van der Waals surface area contributed by atoms with E-state index in [1.807, 2.05) is 13.8 Å². The van der Waals surface area contributed by atoms with Gasteiger partial charge in [-0.15, -0.1) is 0 Å². The quantitative estimate of drug-likeness (QED) is 0.746. The molecule has 21 heavy (non-hydrogen) atoms. The molecule has 0 bridgehead atoms. The highest BCUT2D eigenvalue weighted by Gasteiger charge is 2.23. The van der Waals surface area contributed by atoms with Gasteiger partial charge in [0.25, 0.3) is 5.91 Å². The van der Waals surface area contributed by atoms with Gasteiger partial charge >= 0.3 is 0 Å². The number of nitrogen functional groups attached to an aromatic ring is 1. The van der Waals surface area contributed by atoms with Crippen molar-refractivity contribution in [1.29, 1.82) is 0 Å². The van der Waals surface area contributed by atoms with Crippen molar-refractivity contribution >= 4 is 28.3 Å². The Morgan fingerprint density at radius 3 is 2.81 bits per heavy atom. The number of amides is 1.